The van der Waals surface area contributed by atoms with Crippen molar-refractivity contribution >= 4 is 56.8 Å². The molecule has 29 heavy (non-hydrogen) atoms. The number of aromatic nitrogens is 3. The van der Waals surface area contributed by atoms with Crippen LogP contribution in [0.2, 0.25) is 0 Å². The molecule has 2 heterocycles. The molecule has 4 heteroatoms. The average molecular weight is 371 g/mol. The van der Waals surface area contributed by atoms with Crippen LogP contribution in [0.25, 0.3) is 54.9 Å². The highest BCUT2D eigenvalue weighted by Crippen LogP contribution is 2.37. The van der Waals surface area contributed by atoms with Crippen LogP contribution < -0.4 is 5.46 Å². The van der Waals surface area contributed by atoms with Gasteiger partial charge >= 0.3 is 0 Å². The van der Waals surface area contributed by atoms with Crippen molar-refractivity contribution in [1.82, 2.24) is 15.0 Å². The first-order valence-electron chi connectivity index (χ1n) is 9.78. The van der Waals surface area contributed by atoms with Crippen LogP contribution in [0.15, 0.2) is 60.8 Å². The van der Waals surface area contributed by atoms with Crippen LogP contribution >= 0.6 is 0 Å². The number of imidazole rings is 1. The van der Waals surface area contributed by atoms with Gasteiger partial charge < -0.3 is 9.97 Å². The van der Waals surface area contributed by atoms with E-state index in [1.807, 2.05) is 24.4 Å². The number of H-pyrrole nitrogens is 2. The maximum atomic E-state index is 6.04. The van der Waals surface area contributed by atoms with Crippen molar-refractivity contribution in [3.05, 3.63) is 71.9 Å². The fourth-order valence-electron chi connectivity index (χ4n) is 4.41. The summed E-state index contributed by atoms with van der Waals surface area (Å²) in [5, 5.41) is 5.95. The summed E-state index contributed by atoms with van der Waals surface area (Å²) in [6.45, 7) is 4.28. The predicted octanol–water partition coefficient (Wildman–Crippen LogP) is 5.43. The Hall–Kier alpha value is -3.53. The van der Waals surface area contributed by atoms with Gasteiger partial charge in [0.2, 0.25) is 0 Å². The molecule has 0 spiro atoms. The lowest BCUT2D eigenvalue weighted by Crippen LogP contribution is -1.99. The maximum absolute atomic E-state index is 6.04. The molecule has 6 aromatic rings. The Morgan fingerprint density at radius 2 is 1.48 bits per heavy atom. The average Bonchev–Trinajstić information content (AvgIpc) is 3.32. The quantitative estimate of drug-likeness (QED) is 0.294. The number of hydrogen-bond acceptors (Lipinski definition) is 1. The fraction of sp³-hybridized carbons (Fsp3) is 0.0800. The smallest absolute Gasteiger partial charge is 0.140 e. The summed E-state index contributed by atoms with van der Waals surface area (Å²) in [7, 11) is 6.04. The van der Waals surface area contributed by atoms with Gasteiger partial charge in [-0.1, -0.05) is 65.1 Å². The fourth-order valence-corrected chi connectivity index (χ4v) is 4.41. The van der Waals surface area contributed by atoms with Crippen LogP contribution in [-0.4, -0.2) is 22.8 Å². The van der Waals surface area contributed by atoms with E-state index in [0.29, 0.717) is 0 Å². The molecule has 0 amide bonds. The van der Waals surface area contributed by atoms with Crippen molar-refractivity contribution in [2.24, 2.45) is 0 Å². The second-order valence-corrected chi connectivity index (χ2v) is 7.91. The lowest BCUT2D eigenvalue weighted by atomic mass is 9.94. The summed E-state index contributed by atoms with van der Waals surface area (Å²) in [4.78, 5) is 12.0. The third kappa shape index (κ3) is 2.35. The van der Waals surface area contributed by atoms with E-state index in [1.165, 1.54) is 32.7 Å². The normalized spacial score (nSPS) is 11.9. The molecule has 0 saturated carbocycles. The molecule has 0 aliphatic carbocycles. The number of aromatic amines is 2. The van der Waals surface area contributed by atoms with Crippen LogP contribution in [0.1, 0.15) is 11.1 Å². The zero-order valence-corrected chi connectivity index (χ0v) is 16.3. The van der Waals surface area contributed by atoms with Gasteiger partial charge in [-0.25, -0.2) is 4.98 Å². The minimum absolute atomic E-state index is 0.747. The summed E-state index contributed by atoms with van der Waals surface area (Å²) < 4.78 is 0. The number of nitrogens with zero attached hydrogens (tertiary/aromatic N) is 1. The molecule has 136 valence electrons. The standard InChI is InChI=1S/C25H18BN3/c1-13-3-6-16-18(9-13)19-10-14(2)4-7-17(19)24-23(16)28-25(29-24)21-12-27-22-8-5-15(26)11-20(21)22/h3-12,27H,1-2H3,(H,28,29). The molecule has 2 aromatic heterocycles. The van der Waals surface area contributed by atoms with Crippen molar-refractivity contribution < 1.29 is 0 Å². The van der Waals surface area contributed by atoms with Gasteiger partial charge in [0.1, 0.15) is 13.7 Å². The van der Waals surface area contributed by atoms with Gasteiger partial charge in [0.05, 0.1) is 11.0 Å². The monoisotopic (exact) mass is 371 g/mol. The Labute approximate surface area is 169 Å². The van der Waals surface area contributed by atoms with Gasteiger partial charge in [0.15, 0.2) is 0 Å². The first-order chi connectivity index (χ1) is 14.1. The van der Waals surface area contributed by atoms with E-state index in [1.54, 1.807) is 0 Å². The van der Waals surface area contributed by atoms with Crippen molar-refractivity contribution in [2.45, 2.75) is 13.8 Å². The zero-order valence-electron chi connectivity index (χ0n) is 16.3. The minimum Gasteiger partial charge on any atom is -0.360 e. The van der Waals surface area contributed by atoms with E-state index in [9.17, 15) is 0 Å². The number of benzene rings is 4. The SMILES string of the molecule is [B]c1ccc2[nH]cc(-c3nc4c5ccc(C)cc5c5cc(C)ccc5c4[nH]3)c2c1. The van der Waals surface area contributed by atoms with E-state index in [2.05, 4.69) is 60.2 Å². The Morgan fingerprint density at radius 1 is 0.759 bits per heavy atom. The van der Waals surface area contributed by atoms with Crippen LogP contribution in [0.3, 0.4) is 0 Å². The van der Waals surface area contributed by atoms with E-state index >= 15 is 0 Å². The highest BCUT2D eigenvalue weighted by atomic mass is 14.9. The lowest BCUT2D eigenvalue weighted by Gasteiger charge is -2.08. The molecular weight excluding hydrogens is 353 g/mol. The number of rotatable bonds is 1. The largest absolute Gasteiger partial charge is 0.360 e. The van der Waals surface area contributed by atoms with Crippen LogP contribution in [0, 0.1) is 13.8 Å². The van der Waals surface area contributed by atoms with Crippen molar-refractivity contribution in [3.63, 3.8) is 0 Å². The summed E-state index contributed by atoms with van der Waals surface area (Å²) in [6, 6.07) is 19.1. The molecule has 0 unspecified atom stereocenters. The molecule has 2 radical (unpaired) electrons. The van der Waals surface area contributed by atoms with E-state index in [4.69, 9.17) is 12.8 Å². The molecule has 0 aliphatic heterocycles. The van der Waals surface area contributed by atoms with Crippen LogP contribution in [-0.2, 0) is 0 Å². The molecule has 0 bridgehead atoms. The highest BCUT2D eigenvalue weighted by molar-refractivity contribution is 6.33. The highest BCUT2D eigenvalue weighted by Gasteiger charge is 2.16. The first kappa shape index (κ1) is 16.4. The molecule has 0 fully saturated rings. The number of hydrogen-bond donors (Lipinski definition) is 2. The molecule has 0 atom stereocenters. The Morgan fingerprint density at radius 3 is 2.28 bits per heavy atom. The number of nitrogens with one attached hydrogen (secondary N) is 2. The van der Waals surface area contributed by atoms with E-state index in [-0.39, 0.29) is 0 Å². The molecule has 0 saturated heterocycles. The Kier molecular flexibility index (Phi) is 3.25. The van der Waals surface area contributed by atoms with Crippen LogP contribution in [0.4, 0.5) is 0 Å². The summed E-state index contributed by atoms with van der Waals surface area (Å²) in [5.41, 5.74) is 7.42. The first-order valence-corrected chi connectivity index (χ1v) is 9.78. The molecule has 0 aliphatic rings. The molecule has 3 nitrogen and oxygen atoms in total. The Balaban J connectivity index is 1.76. The van der Waals surface area contributed by atoms with Gasteiger partial charge in [0, 0.05) is 33.4 Å². The van der Waals surface area contributed by atoms with E-state index in [0.717, 1.165) is 38.8 Å². The van der Waals surface area contributed by atoms with Crippen molar-refractivity contribution in [1.29, 1.82) is 0 Å². The minimum atomic E-state index is 0.747. The van der Waals surface area contributed by atoms with Gasteiger partial charge in [-0.15, -0.1) is 0 Å². The number of fused-ring (bicyclic) bond motifs is 7. The molecule has 6 rings (SSSR count). The van der Waals surface area contributed by atoms with E-state index < -0.39 is 0 Å². The second-order valence-electron chi connectivity index (χ2n) is 7.91. The maximum Gasteiger partial charge on any atom is 0.140 e. The van der Waals surface area contributed by atoms with Gasteiger partial charge in [-0.05, 0) is 30.7 Å². The summed E-state index contributed by atoms with van der Waals surface area (Å²) in [6.07, 6.45) is 2.00. The van der Waals surface area contributed by atoms with Crippen LogP contribution in [0.5, 0.6) is 0 Å². The van der Waals surface area contributed by atoms with Crippen molar-refractivity contribution in [2.75, 3.05) is 0 Å². The summed E-state index contributed by atoms with van der Waals surface area (Å²) >= 11 is 0. The summed E-state index contributed by atoms with van der Waals surface area (Å²) in [5.74, 6) is 0.854. The van der Waals surface area contributed by atoms with Gasteiger partial charge in [-0.2, -0.15) is 0 Å². The predicted molar refractivity (Wildman–Crippen MR) is 123 cm³/mol. The molecule has 2 N–H and O–H groups in total. The zero-order chi connectivity index (χ0) is 19.7. The topological polar surface area (TPSA) is 44.5 Å². The van der Waals surface area contributed by atoms with Crippen molar-refractivity contribution in [3.8, 4) is 11.4 Å². The van der Waals surface area contributed by atoms with Gasteiger partial charge in [-0.3, -0.25) is 0 Å². The molecule has 4 aromatic carbocycles. The lowest BCUT2D eigenvalue weighted by molar-refractivity contribution is 1.34. The second kappa shape index (κ2) is 5.74. The third-order valence-electron chi connectivity index (χ3n) is 5.83. The Bertz CT molecular complexity index is 1510. The van der Waals surface area contributed by atoms with Gasteiger partial charge in [0.25, 0.3) is 0 Å². The number of aryl methyl sites for hydroxylation is 2. The molecular formula is C25H18BN3. The third-order valence-corrected chi connectivity index (χ3v) is 5.83.